The maximum Gasteiger partial charge on any atom is 0.351 e. The summed E-state index contributed by atoms with van der Waals surface area (Å²) in [6.45, 7) is 2.68. The largest absolute Gasteiger partial charge is 0.465 e. The van der Waals surface area contributed by atoms with Gasteiger partial charge in [0, 0.05) is 26.3 Å². The minimum Gasteiger partial charge on any atom is -0.465 e. The molecule has 7 heteroatoms. The molecule has 0 fully saturated rings. The monoisotopic (exact) mass is 339 g/mol. The molecule has 5 nitrogen and oxygen atoms in total. The fourth-order valence-electron chi connectivity index (χ4n) is 1.92. The van der Waals surface area contributed by atoms with Gasteiger partial charge < -0.3 is 15.0 Å². The first-order valence-corrected chi connectivity index (χ1v) is 7.87. The predicted octanol–water partition coefficient (Wildman–Crippen LogP) is 3.57. The van der Waals surface area contributed by atoms with Gasteiger partial charge in [0.15, 0.2) is 15.2 Å². The minimum absolute atomic E-state index is 0.166. The van der Waals surface area contributed by atoms with Gasteiger partial charge in [-0.1, -0.05) is 29.0 Å². The molecule has 0 amide bonds. The molecular weight excluding hydrogens is 322 g/mol. The van der Waals surface area contributed by atoms with Gasteiger partial charge in [0.25, 0.3) is 0 Å². The number of hydrogen-bond donors (Lipinski definition) is 1. The van der Waals surface area contributed by atoms with Crippen molar-refractivity contribution in [2.45, 2.75) is 13.5 Å². The number of aromatic nitrogens is 1. The molecule has 0 radical (unpaired) electrons. The van der Waals surface area contributed by atoms with E-state index in [4.69, 9.17) is 11.6 Å². The summed E-state index contributed by atoms with van der Waals surface area (Å²) in [5.41, 5.74) is 3.51. The molecule has 22 heavy (non-hydrogen) atoms. The van der Waals surface area contributed by atoms with Crippen molar-refractivity contribution >= 4 is 39.7 Å². The van der Waals surface area contributed by atoms with Crippen LogP contribution in [0.5, 0.6) is 0 Å². The third-order valence-corrected chi connectivity index (χ3v) is 4.61. The maximum atomic E-state index is 11.5. The van der Waals surface area contributed by atoms with Gasteiger partial charge in [-0.25, -0.2) is 9.78 Å². The molecule has 1 aromatic carbocycles. The first-order chi connectivity index (χ1) is 10.4. The highest BCUT2D eigenvalue weighted by Crippen LogP contribution is 2.28. The molecule has 0 spiro atoms. The molecule has 1 N–H and O–H groups in total. The Morgan fingerprint density at radius 3 is 2.77 bits per heavy atom. The quantitative estimate of drug-likeness (QED) is 0.844. The topological polar surface area (TPSA) is 54.5 Å². The van der Waals surface area contributed by atoms with Gasteiger partial charge in [-0.2, -0.15) is 0 Å². The average Bonchev–Trinajstić information content (AvgIpc) is 2.86. The SMILES string of the molecule is COC(=O)c1sc(NCc2ccc(N(C)C)cc2C)nc1Cl. The number of aryl methyl sites for hydroxylation is 1. The maximum absolute atomic E-state index is 11.5. The number of methoxy groups -OCH3 is 1. The second-order valence-electron chi connectivity index (χ2n) is 4.99. The Balaban J connectivity index is 2.09. The van der Waals surface area contributed by atoms with E-state index < -0.39 is 5.97 Å². The van der Waals surface area contributed by atoms with Crippen LogP contribution in [0.2, 0.25) is 5.15 Å². The number of rotatable bonds is 5. The molecule has 0 unspecified atom stereocenters. The average molecular weight is 340 g/mol. The number of thiazole rings is 1. The molecular formula is C15H18ClN3O2S. The van der Waals surface area contributed by atoms with Crippen LogP contribution in [-0.2, 0) is 11.3 Å². The van der Waals surface area contributed by atoms with E-state index in [1.54, 1.807) is 0 Å². The standard InChI is InChI=1S/C15H18ClN3O2S/c1-9-7-11(19(2)3)6-5-10(9)8-17-15-18-13(16)12(22-15)14(20)21-4/h5-7H,8H2,1-4H3,(H,17,18). The van der Waals surface area contributed by atoms with E-state index in [9.17, 15) is 4.79 Å². The lowest BCUT2D eigenvalue weighted by Gasteiger charge is -2.15. The fraction of sp³-hybridized carbons (Fsp3) is 0.333. The van der Waals surface area contributed by atoms with Gasteiger partial charge in [-0.05, 0) is 30.2 Å². The lowest BCUT2D eigenvalue weighted by atomic mass is 10.1. The molecule has 0 aliphatic carbocycles. The molecule has 2 rings (SSSR count). The normalized spacial score (nSPS) is 10.4. The second-order valence-corrected chi connectivity index (χ2v) is 6.35. The van der Waals surface area contributed by atoms with Crippen molar-refractivity contribution in [2.24, 2.45) is 0 Å². The van der Waals surface area contributed by atoms with Crippen molar-refractivity contribution in [1.29, 1.82) is 0 Å². The molecule has 0 aliphatic heterocycles. The molecule has 0 aliphatic rings. The van der Waals surface area contributed by atoms with Gasteiger partial charge in [0.05, 0.1) is 7.11 Å². The number of nitrogens with zero attached hydrogens (tertiary/aromatic N) is 2. The van der Waals surface area contributed by atoms with Gasteiger partial charge in [-0.3, -0.25) is 0 Å². The van der Waals surface area contributed by atoms with Crippen LogP contribution in [0, 0.1) is 6.92 Å². The Morgan fingerprint density at radius 1 is 1.45 bits per heavy atom. The fourth-order valence-corrected chi connectivity index (χ4v) is 3.02. The molecule has 2 aromatic rings. The highest BCUT2D eigenvalue weighted by molar-refractivity contribution is 7.18. The Hall–Kier alpha value is -1.79. The summed E-state index contributed by atoms with van der Waals surface area (Å²) in [7, 11) is 5.35. The zero-order valence-corrected chi connectivity index (χ0v) is 14.5. The van der Waals surface area contributed by atoms with Gasteiger partial charge in [0.2, 0.25) is 0 Å². The van der Waals surface area contributed by atoms with Crippen molar-refractivity contribution in [3.05, 3.63) is 39.4 Å². The Morgan fingerprint density at radius 2 is 2.18 bits per heavy atom. The number of benzene rings is 1. The molecule has 118 valence electrons. The summed E-state index contributed by atoms with van der Waals surface area (Å²) < 4.78 is 4.66. The Bertz CT molecular complexity index is 685. The summed E-state index contributed by atoms with van der Waals surface area (Å²) in [5.74, 6) is -0.470. The number of hydrogen-bond acceptors (Lipinski definition) is 6. The van der Waals surface area contributed by atoms with Crippen LogP contribution >= 0.6 is 22.9 Å². The molecule has 0 saturated carbocycles. The number of carbonyl (C=O) groups is 1. The van der Waals surface area contributed by atoms with E-state index in [2.05, 4.69) is 45.1 Å². The number of ether oxygens (including phenoxy) is 1. The van der Waals surface area contributed by atoms with Gasteiger partial charge in [-0.15, -0.1) is 0 Å². The summed E-state index contributed by atoms with van der Waals surface area (Å²) in [4.78, 5) is 18.0. The van der Waals surface area contributed by atoms with E-state index in [1.165, 1.54) is 24.0 Å². The molecule has 0 atom stereocenters. The predicted molar refractivity (Wildman–Crippen MR) is 91.3 cm³/mol. The van der Waals surface area contributed by atoms with Crippen molar-refractivity contribution in [3.63, 3.8) is 0 Å². The van der Waals surface area contributed by atoms with Crippen LogP contribution in [0.3, 0.4) is 0 Å². The van der Waals surface area contributed by atoms with Crippen LogP contribution in [0.4, 0.5) is 10.8 Å². The van der Waals surface area contributed by atoms with E-state index >= 15 is 0 Å². The van der Waals surface area contributed by atoms with Crippen LogP contribution in [0.1, 0.15) is 20.8 Å². The summed E-state index contributed by atoms with van der Waals surface area (Å²) in [6.07, 6.45) is 0. The third kappa shape index (κ3) is 3.69. The number of halogens is 1. The van der Waals surface area contributed by atoms with Crippen molar-refractivity contribution in [2.75, 3.05) is 31.4 Å². The highest BCUT2D eigenvalue weighted by atomic mass is 35.5. The Labute approximate surface area is 138 Å². The van der Waals surface area contributed by atoms with Crippen LogP contribution in [0.25, 0.3) is 0 Å². The molecule has 0 bridgehead atoms. The molecule has 1 aromatic heterocycles. The Kier molecular flexibility index (Phi) is 5.26. The summed E-state index contributed by atoms with van der Waals surface area (Å²) >= 11 is 7.13. The number of nitrogens with one attached hydrogen (secondary N) is 1. The third-order valence-electron chi connectivity index (χ3n) is 3.23. The van der Waals surface area contributed by atoms with E-state index in [0.29, 0.717) is 16.6 Å². The van der Waals surface area contributed by atoms with Crippen LogP contribution in [-0.4, -0.2) is 32.2 Å². The highest BCUT2D eigenvalue weighted by Gasteiger charge is 2.17. The lowest BCUT2D eigenvalue weighted by Crippen LogP contribution is -2.09. The van der Waals surface area contributed by atoms with E-state index in [-0.39, 0.29) is 5.15 Å². The van der Waals surface area contributed by atoms with E-state index in [1.807, 2.05) is 14.1 Å². The smallest absolute Gasteiger partial charge is 0.351 e. The van der Waals surface area contributed by atoms with E-state index in [0.717, 1.165) is 11.3 Å². The second kappa shape index (κ2) is 6.98. The van der Waals surface area contributed by atoms with Gasteiger partial charge >= 0.3 is 5.97 Å². The minimum atomic E-state index is -0.470. The van der Waals surface area contributed by atoms with Crippen LogP contribution < -0.4 is 10.2 Å². The zero-order valence-electron chi connectivity index (χ0n) is 12.9. The lowest BCUT2D eigenvalue weighted by molar-refractivity contribution is 0.0606. The van der Waals surface area contributed by atoms with Crippen molar-refractivity contribution < 1.29 is 9.53 Å². The molecule has 0 saturated heterocycles. The first kappa shape index (κ1) is 16.6. The zero-order chi connectivity index (χ0) is 16.3. The first-order valence-electron chi connectivity index (χ1n) is 6.67. The molecule has 1 heterocycles. The van der Waals surface area contributed by atoms with Crippen molar-refractivity contribution in [3.8, 4) is 0 Å². The number of anilines is 2. The van der Waals surface area contributed by atoms with Crippen molar-refractivity contribution in [1.82, 2.24) is 4.98 Å². The summed E-state index contributed by atoms with van der Waals surface area (Å²) in [6, 6.07) is 6.28. The number of esters is 1. The summed E-state index contributed by atoms with van der Waals surface area (Å²) in [5, 5.41) is 3.96. The van der Waals surface area contributed by atoms with Gasteiger partial charge in [0.1, 0.15) is 0 Å². The number of carbonyl (C=O) groups excluding carboxylic acids is 1. The van der Waals surface area contributed by atoms with Crippen LogP contribution in [0.15, 0.2) is 18.2 Å².